The highest BCUT2D eigenvalue weighted by Crippen LogP contribution is 2.45. The molecule has 0 radical (unpaired) electrons. The molecule has 0 atom stereocenters. The Balaban J connectivity index is 1.68. The van der Waals surface area contributed by atoms with Crippen LogP contribution in [0.5, 0.6) is 0 Å². The van der Waals surface area contributed by atoms with E-state index in [4.69, 9.17) is 5.26 Å². The second-order valence-electron chi connectivity index (χ2n) is 7.65. The van der Waals surface area contributed by atoms with Crippen LogP contribution < -0.4 is 0 Å². The quantitative estimate of drug-likeness (QED) is 0.616. The van der Waals surface area contributed by atoms with Crippen LogP contribution in [0.3, 0.4) is 0 Å². The van der Waals surface area contributed by atoms with Gasteiger partial charge in [0, 0.05) is 0 Å². The summed E-state index contributed by atoms with van der Waals surface area (Å²) in [6.07, 6.45) is 8.06. The Hall–Kier alpha value is -2.07. The third-order valence-corrected chi connectivity index (χ3v) is 5.78. The standard InChI is InChI=1S/C23H27N/c1-3-14-23(2)15-12-22(13-16-23)21-10-8-20(9-11-21)19-6-4-18(17-24)5-7-19/h4-11,22H,3,12-16H2,1-2H3. The molecule has 0 saturated heterocycles. The molecular weight excluding hydrogens is 290 g/mol. The van der Waals surface area contributed by atoms with Gasteiger partial charge in [0.2, 0.25) is 0 Å². The molecule has 124 valence electrons. The van der Waals surface area contributed by atoms with Crippen LogP contribution in [-0.2, 0) is 0 Å². The maximum Gasteiger partial charge on any atom is 0.0991 e. The van der Waals surface area contributed by atoms with Crippen LogP contribution in [0.4, 0.5) is 0 Å². The molecule has 1 aliphatic carbocycles. The van der Waals surface area contributed by atoms with Crippen molar-refractivity contribution < 1.29 is 0 Å². The Morgan fingerprint density at radius 1 is 0.958 bits per heavy atom. The minimum Gasteiger partial charge on any atom is -0.192 e. The lowest BCUT2D eigenvalue weighted by atomic mass is 9.68. The van der Waals surface area contributed by atoms with Gasteiger partial charge in [-0.3, -0.25) is 0 Å². The first-order chi connectivity index (χ1) is 11.6. The summed E-state index contributed by atoms with van der Waals surface area (Å²) in [6, 6.07) is 19.1. The summed E-state index contributed by atoms with van der Waals surface area (Å²) in [7, 11) is 0. The lowest BCUT2D eigenvalue weighted by molar-refractivity contribution is 0.182. The van der Waals surface area contributed by atoms with Crippen LogP contribution in [-0.4, -0.2) is 0 Å². The first-order valence-electron chi connectivity index (χ1n) is 9.24. The summed E-state index contributed by atoms with van der Waals surface area (Å²) in [6.45, 7) is 4.78. The third kappa shape index (κ3) is 3.70. The normalized spacial score (nSPS) is 23.6. The van der Waals surface area contributed by atoms with Crippen molar-refractivity contribution in [3.63, 3.8) is 0 Å². The van der Waals surface area contributed by atoms with E-state index in [1.807, 2.05) is 24.3 Å². The molecule has 1 nitrogen and oxygen atoms in total. The SMILES string of the molecule is CCCC1(C)CCC(c2ccc(-c3ccc(C#N)cc3)cc2)CC1. The van der Waals surface area contributed by atoms with Crippen molar-refractivity contribution in [1.29, 1.82) is 5.26 Å². The predicted molar refractivity (Wildman–Crippen MR) is 101 cm³/mol. The van der Waals surface area contributed by atoms with Crippen LogP contribution in [0.15, 0.2) is 48.5 Å². The molecule has 0 aliphatic heterocycles. The van der Waals surface area contributed by atoms with Crippen LogP contribution in [0.2, 0.25) is 0 Å². The monoisotopic (exact) mass is 317 g/mol. The number of nitriles is 1. The van der Waals surface area contributed by atoms with E-state index in [0.29, 0.717) is 11.0 Å². The summed E-state index contributed by atoms with van der Waals surface area (Å²) in [4.78, 5) is 0. The van der Waals surface area contributed by atoms with Gasteiger partial charge in [-0.15, -0.1) is 0 Å². The fourth-order valence-electron chi connectivity index (χ4n) is 4.19. The number of hydrogen-bond donors (Lipinski definition) is 0. The molecular formula is C23H27N. The lowest BCUT2D eigenvalue weighted by Crippen LogP contribution is -2.23. The molecule has 0 unspecified atom stereocenters. The highest BCUT2D eigenvalue weighted by Gasteiger charge is 2.30. The Labute approximate surface area is 146 Å². The van der Waals surface area contributed by atoms with Crippen LogP contribution >= 0.6 is 0 Å². The van der Waals surface area contributed by atoms with Gasteiger partial charge in [-0.2, -0.15) is 5.26 Å². The largest absolute Gasteiger partial charge is 0.192 e. The zero-order chi connectivity index (χ0) is 17.0. The molecule has 0 N–H and O–H groups in total. The van der Waals surface area contributed by atoms with Gasteiger partial charge in [-0.1, -0.05) is 56.7 Å². The van der Waals surface area contributed by atoms with E-state index < -0.39 is 0 Å². The van der Waals surface area contributed by atoms with Crippen molar-refractivity contribution in [2.45, 2.75) is 58.3 Å². The number of benzene rings is 2. The Morgan fingerprint density at radius 2 is 1.50 bits per heavy atom. The number of rotatable bonds is 4. The number of nitrogens with zero attached hydrogens (tertiary/aromatic N) is 1. The minimum atomic E-state index is 0.577. The average Bonchev–Trinajstić information content (AvgIpc) is 2.63. The van der Waals surface area contributed by atoms with Gasteiger partial charge in [0.1, 0.15) is 0 Å². The van der Waals surface area contributed by atoms with Gasteiger partial charge in [-0.05, 0) is 72.3 Å². The number of hydrogen-bond acceptors (Lipinski definition) is 1. The van der Waals surface area contributed by atoms with Crippen molar-refractivity contribution in [1.82, 2.24) is 0 Å². The average molecular weight is 317 g/mol. The van der Waals surface area contributed by atoms with E-state index in [9.17, 15) is 0 Å². The van der Waals surface area contributed by atoms with Crippen molar-refractivity contribution >= 4 is 0 Å². The molecule has 2 aromatic rings. The summed E-state index contributed by atoms with van der Waals surface area (Å²) in [5, 5.41) is 8.90. The lowest BCUT2D eigenvalue weighted by Gasteiger charge is -2.37. The Morgan fingerprint density at radius 3 is 2.00 bits per heavy atom. The summed E-state index contributed by atoms with van der Waals surface area (Å²) < 4.78 is 0. The smallest absolute Gasteiger partial charge is 0.0991 e. The van der Waals surface area contributed by atoms with Crippen molar-refractivity contribution in [3.05, 3.63) is 59.7 Å². The second kappa shape index (κ2) is 7.22. The maximum absolute atomic E-state index is 8.90. The van der Waals surface area contributed by atoms with Crippen molar-refractivity contribution in [2.75, 3.05) is 0 Å². The molecule has 1 heteroatoms. The molecule has 0 aromatic heterocycles. The van der Waals surface area contributed by atoms with Gasteiger partial charge >= 0.3 is 0 Å². The summed E-state index contributed by atoms with van der Waals surface area (Å²) >= 11 is 0. The van der Waals surface area contributed by atoms with E-state index in [2.05, 4.69) is 44.2 Å². The van der Waals surface area contributed by atoms with Gasteiger partial charge in [0.25, 0.3) is 0 Å². The Kier molecular flexibility index (Phi) is 5.05. The first-order valence-corrected chi connectivity index (χ1v) is 9.24. The van der Waals surface area contributed by atoms with Gasteiger partial charge in [0.15, 0.2) is 0 Å². The molecule has 3 rings (SSSR count). The second-order valence-corrected chi connectivity index (χ2v) is 7.65. The van der Waals surface area contributed by atoms with E-state index in [1.165, 1.54) is 55.2 Å². The maximum atomic E-state index is 8.90. The molecule has 1 aliphatic rings. The topological polar surface area (TPSA) is 23.8 Å². The molecule has 0 spiro atoms. The van der Waals surface area contributed by atoms with Crippen LogP contribution in [0.1, 0.15) is 69.4 Å². The molecule has 0 amide bonds. The molecule has 2 aromatic carbocycles. The third-order valence-electron chi connectivity index (χ3n) is 5.78. The fraction of sp³-hybridized carbons (Fsp3) is 0.435. The predicted octanol–water partition coefficient (Wildman–Crippen LogP) is 6.69. The zero-order valence-electron chi connectivity index (χ0n) is 14.9. The highest BCUT2D eigenvalue weighted by atomic mass is 14.4. The summed E-state index contributed by atoms with van der Waals surface area (Å²) in [5.74, 6) is 0.727. The highest BCUT2D eigenvalue weighted by molar-refractivity contribution is 5.64. The van der Waals surface area contributed by atoms with Crippen molar-refractivity contribution in [3.8, 4) is 17.2 Å². The van der Waals surface area contributed by atoms with E-state index >= 15 is 0 Å². The van der Waals surface area contributed by atoms with Crippen LogP contribution in [0.25, 0.3) is 11.1 Å². The van der Waals surface area contributed by atoms with E-state index in [0.717, 1.165) is 5.92 Å². The summed E-state index contributed by atoms with van der Waals surface area (Å²) in [5.41, 5.74) is 5.20. The zero-order valence-corrected chi connectivity index (χ0v) is 14.9. The van der Waals surface area contributed by atoms with E-state index in [1.54, 1.807) is 0 Å². The minimum absolute atomic E-state index is 0.577. The molecule has 24 heavy (non-hydrogen) atoms. The van der Waals surface area contributed by atoms with Gasteiger partial charge in [0.05, 0.1) is 11.6 Å². The molecule has 1 saturated carbocycles. The Bertz CT molecular complexity index is 695. The van der Waals surface area contributed by atoms with Gasteiger partial charge < -0.3 is 0 Å². The van der Waals surface area contributed by atoms with Crippen molar-refractivity contribution in [2.24, 2.45) is 5.41 Å². The first kappa shape index (κ1) is 16.8. The molecule has 1 fully saturated rings. The van der Waals surface area contributed by atoms with E-state index in [-0.39, 0.29) is 0 Å². The van der Waals surface area contributed by atoms with Crippen LogP contribution in [0, 0.1) is 16.7 Å². The van der Waals surface area contributed by atoms with Gasteiger partial charge in [-0.25, -0.2) is 0 Å². The fourth-order valence-corrected chi connectivity index (χ4v) is 4.19. The molecule has 0 bridgehead atoms. The molecule has 0 heterocycles.